The van der Waals surface area contributed by atoms with Gasteiger partial charge in [0.2, 0.25) is 0 Å². The Hall–Kier alpha value is -0.420. The maximum Gasteiger partial charge on any atom is 0.252 e. The SMILES string of the molecule is Cl.NC[C@H]1CC[C@@H](C(=O)N2CCN(S(=O)(=O)c3ccc(Cl)s3)CC2)O1. The van der Waals surface area contributed by atoms with Gasteiger partial charge in [0, 0.05) is 32.7 Å². The number of amides is 1. The predicted octanol–water partition coefficient (Wildman–Crippen LogP) is 1.16. The van der Waals surface area contributed by atoms with Crippen LogP contribution in [0.15, 0.2) is 16.3 Å². The molecule has 0 aliphatic carbocycles. The molecule has 0 aromatic carbocycles. The Balaban J connectivity index is 0.00000225. The summed E-state index contributed by atoms with van der Waals surface area (Å²) in [6, 6.07) is 3.09. The summed E-state index contributed by atoms with van der Waals surface area (Å²) in [7, 11) is -3.54. The molecule has 11 heteroatoms. The van der Waals surface area contributed by atoms with Gasteiger partial charge >= 0.3 is 0 Å². The van der Waals surface area contributed by atoms with Crippen LogP contribution in [0.25, 0.3) is 0 Å². The number of ether oxygens (including phenoxy) is 1. The summed E-state index contributed by atoms with van der Waals surface area (Å²) in [6.45, 7) is 1.70. The Kier molecular flexibility index (Phi) is 7.11. The molecular weight excluding hydrogens is 409 g/mol. The van der Waals surface area contributed by atoms with Gasteiger partial charge in [0.1, 0.15) is 10.3 Å². The third kappa shape index (κ3) is 4.47. The number of halogens is 2. The summed E-state index contributed by atoms with van der Waals surface area (Å²) >= 11 is 6.87. The van der Waals surface area contributed by atoms with Crippen LogP contribution in [0.3, 0.4) is 0 Å². The van der Waals surface area contributed by atoms with Crippen LogP contribution in [0.4, 0.5) is 0 Å². The molecule has 0 saturated carbocycles. The number of hydrogen-bond acceptors (Lipinski definition) is 6. The second-order valence-electron chi connectivity index (χ2n) is 5.85. The van der Waals surface area contributed by atoms with Crippen LogP contribution in [0.2, 0.25) is 4.34 Å². The Morgan fingerprint density at radius 3 is 2.48 bits per heavy atom. The van der Waals surface area contributed by atoms with E-state index in [1.165, 1.54) is 10.4 Å². The minimum Gasteiger partial charge on any atom is -0.364 e. The van der Waals surface area contributed by atoms with Gasteiger partial charge in [-0.15, -0.1) is 23.7 Å². The summed E-state index contributed by atoms with van der Waals surface area (Å²) < 4.78 is 32.8. The number of rotatable bonds is 4. The zero-order valence-corrected chi connectivity index (χ0v) is 16.7. The highest BCUT2D eigenvalue weighted by molar-refractivity contribution is 7.91. The summed E-state index contributed by atoms with van der Waals surface area (Å²) in [5, 5.41) is 0. The third-order valence-electron chi connectivity index (χ3n) is 4.34. The molecule has 25 heavy (non-hydrogen) atoms. The van der Waals surface area contributed by atoms with Crippen LogP contribution in [0.5, 0.6) is 0 Å². The lowest BCUT2D eigenvalue weighted by molar-refractivity contribution is -0.143. The number of nitrogens with zero attached hydrogens (tertiary/aromatic N) is 2. The lowest BCUT2D eigenvalue weighted by atomic mass is 10.1. The fraction of sp³-hybridized carbons (Fsp3) is 0.643. The van der Waals surface area contributed by atoms with Gasteiger partial charge in [-0.1, -0.05) is 11.6 Å². The van der Waals surface area contributed by atoms with Crippen LogP contribution in [0.1, 0.15) is 12.8 Å². The highest BCUT2D eigenvalue weighted by Crippen LogP contribution is 2.29. The number of sulfonamides is 1. The molecule has 2 aliphatic rings. The van der Waals surface area contributed by atoms with E-state index >= 15 is 0 Å². The van der Waals surface area contributed by atoms with E-state index in [0.29, 0.717) is 30.4 Å². The Bertz CT molecular complexity index is 705. The van der Waals surface area contributed by atoms with Crippen molar-refractivity contribution in [3.63, 3.8) is 0 Å². The van der Waals surface area contributed by atoms with Crippen LogP contribution < -0.4 is 5.73 Å². The Morgan fingerprint density at radius 2 is 1.96 bits per heavy atom. The standard InChI is InChI=1S/C14H20ClN3O4S2.ClH/c15-12-3-4-13(23-12)24(20,21)18-7-5-17(6-8-18)14(19)11-2-1-10(9-16)22-11;/h3-4,10-11H,1-2,5-9,16H2;1H/t10-,11+;/m1./s1. The van der Waals surface area contributed by atoms with Crippen LogP contribution in [-0.4, -0.2) is 68.5 Å². The molecule has 7 nitrogen and oxygen atoms in total. The predicted molar refractivity (Wildman–Crippen MR) is 98.9 cm³/mol. The van der Waals surface area contributed by atoms with Gasteiger partial charge in [0.25, 0.3) is 15.9 Å². The van der Waals surface area contributed by atoms with Crippen molar-refractivity contribution >= 4 is 51.3 Å². The van der Waals surface area contributed by atoms with E-state index < -0.39 is 16.1 Å². The minimum absolute atomic E-state index is 0. The van der Waals surface area contributed by atoms with Crippen molar-refractivity contribution in [1.82, 2.24) is 9.21 Å². The molecule has 0 spiro atoms. The minimum atomic E-state index is -3.54. The lowest BCUT2D eigenvalue weighted by Crippen LogP contribution is -2.52. The molecule has 2 aliphatic heterocycles. The molecule has 3 rings (SSSR count). The highest BCUT2D eigenvalue weighted by Gasteiger charge is 2.36. The number of thiophene rings is 1. The normalized spacial score (nSPS) is 25.0. The summed E-state index contributed by atoms with van der Waals surface area (Å²) in [5.74, 6) is -0.0674. The number of carbonyl (C=O) groups excluding carboxylic acids is 1. The molecule has 1 amide bonds. The molecule has 2 N–H and O–H groups in total. The van der Waals surface area contributed by atoms with E-state index in [0.717, 1.165) is 17.8 Å². The van der Waals surface area contributed by atoms with Crippen LogP contribution in [0, 0.1) is 0 Å². The van der Waals surface area contributed by atoms with Gasteiger partial charge in [0.15, 0.2) is 0 Å². The van der Waals surface area contributed by atoms with E-state index in [2.05, 4.69) is 0 Å². The average molecular weight is 430 g/mol. The smallest absolute Gasteiger partial charge is 0.252 e. The molecule has 1 aromatic heterocycles. The largest absolute Gasteiger partial charge is 0.364 e. The molecule has 2 saturated heterocycles. The van der Waals surface area contributed by atoms with Crippen LogP contribution in [-0.2, 0) is 19.6 Å². The van der Waals surface area contributed by atoms with Gasteiger partial charge in [-0.2, -0.15) is 4.31 Å². The number of nitrogens with two attached hydrogens (primary N) is 1. The molecule has 2 atom stereocenters. The molecule has 142 valence electrons. The van der Waals surface area contributed by atoms with Crippen molar-refractivity contribution in [3.8, 4) is 0 Å². The molecule has 0 radical (unpaired) electrons. The zero-order chi connectivity index (χ0) is 17.3. The second-order valence-corrected chi connectivity index (χ2v) is 9.73. The van der Waals surface area contributed by atoms with E-state index in [9.17, 15) is 13.2 Å². The van der Waals surface area contributed by atoms with Crippen molar-refractivity contribution in [2.45, 2.75) is 29.3 Å². The highest BCUT2D eigenvalue weighted by atomic mass is 35.5. The fourth-order valence-electron chi connectivity index (χ4n) is 2.98. The second kappa shape index (κ2) is 8.51. The van der Waals surface area contributed by atoms with Crippen molar-refractivity contribution in [2.75, 3.05) is 32.7 Å². The number of carbonyl (C=O) groups is 1. The van der Waals surface area contributed by atoms with E-state index in [-0.39, 0.29) is 41.7 Å². The van der Waals surface area contributed by atoms with Gasteiger partial charge in [-0.3, -0.25) is 4.79 Å². The monoisotopic (exact) mass is 429 g/mol. The van der Waals surface area contributed by atoms with Gasteiger partial charge in [-0.25, -0.2) is 8.42 Å². The summed E-state index contributed by atoms with van der Waals surface area (Å²) in [4.78, 5) is 14.1. The van der Waals surface area contributed by atoms with E-state index in [1.54, 1.807) is 11.0 Å². The van der Waals surface area contributed by atoms with Crippen molar-refractivity contribution in [1.29, 1.82) is 0 Å². The lowest BCUT2D eigenvalue weighted by Gasteiger charge is -2.34. The molecule has 0 bridgehead atoms. The van der Waals surface area contributed by atoms with E-state index in [4.69, 9.17) is 22.1 Å². The Morgan fingerprint density at radius 1 is 1.28 bits per heavy atom. The van der Waals surface area contributed by atoms with Crippen molar-refractivity contribution < 1.29 is 17.9 Å². The van der Waals surface area contributed by atoms with Gasteiger partial charge in [0.05, 0.1) is 10.4 Å². The van der Waals surface area contributed by atoms with Gasteiger partial charge < -0.3 is 15.4 Å². The first-order valence-electron chi connectivity index (χ1n) is 7.81. The topological polar surface area (TPSA) is 92.9 Å². The zero-order valence-electron chi connectivity index (χ0n) is 13.5. The summed E-state index contributed by atoms with van der Waals surface area (Å²) in [6.07, 6.45) is 0.967. The fourth-order valence-corrected chi connectivity index (χ4v) is 6.04. The molecular formula is C14H21Cl2N3O4S2. The molecule has 2 fully saturated rings. The van der Waals surface area contributed by atoms with Crippen LogP contribution >= 0.6 is 35.3 Å². The van der Waals surface area contributed by atoms with Gasteiger partial charge in [-0.05, 0) is 25.0 Å². The van der Waals surface area contributed by atoms with E-state index in [1.807, 2.05) is 0 Å². The molecule has 0 unspecified atom stereocenters. The number of piperazine rings is 1. The maximum absolute atomic E-state index is 12.6. The van der Waals surface area contributed by atoms with Crippen molar-refractivity contribution in [3.05, 3.63) is 16.5 Å². The third-order valence-corrected chi connectivity index (χ3v) is 7.94. The first-order valence-corrected chi connectivity index (χ1v) is 10.4. The number of hydrogen-bond donors (Lipinski definition) is 1. The van der Waals surface area contributed by atoms with Crippen molar-refractivity contribution in [2.24, 2.45) is 5.73 Å². The maximum atomic E-state index is 12.6. The molecule has 1 aromatic rings. The average Bonchev–Trinajstić information content (AvgIpc) is 3.23. The first-order chi connectivity index (χ1) is 11.4. The first kappa shape index (κ1) is 20.9. The molecule has 3 heterocycles. The summed E-state index contributed by atoms with van der Waals surface area (Å²) in [5.41, 5.74) is 5.57. The Labute approximate surface area is 162 Å². The quantitative estimate of drug-likeness (QED) is 0.774.